The minimum Gasteiger partial charge on any atom is -0.328 e. The van der Waals surface area contributed by atoms with Crippen LogP contribution in [0.1, 0.15) is 25.3 Å². The van der Waals surface area contributed by atoms with E-state index < -0.39 is 29.5 Å². The van der Waals surface area contributed by atoms with Gasteiger partial charge in [-0.1, -0.05) is 43.7 Å². The van der Waals surface area contributed by atoms with Crippen molar-refractivity contribution in [2.75, 3.05) is 11.9 Å². The molecule has 1 unspecified atom stereocenters. The Hall–Kier alpha value is -2.80. The lowest BCUT2D eigenvalue weighted by molar-refractivity contribution is -0.136. The third kappa shape index (κ3) is 5.86. The fourth-order valence-corrected chi connectivity index (χ4v) is 2.64. The van der Waals surface area contributed by atoms with Gasteiger partial charge in [-0.3, -0.25) is 9.59 Å². The highest BCUT2D eigenvalue weighted by Crippen LogP contribution is 2.14. The molecule has 7 heteroatoms. The monoisotopic (exact) mass is 375 g/mol. The van der Waals surface area contributed by atoms with Crippen LogP contribution >= 0.6 is 0 Å². The highest BCUT2D eigenvalue weighted by atomic mass is 19.1. The van der Waals surface area contributed by atoms with Crippen LogP contribution in [0, 0.1) is 11.6 Å². The fraction of sp³-hybridized carbons (Fsp3) is 0.300. The predicted octanol–water partition coefficient (Wildman–Crippen LogP) is 3.06. The Bertz CT molecular complexity index is 798. The summed E-state index contributed by atoms with van der Waals surface area (Å²) in [6.45, 7) is 1.42. The van der Waals surface area contributed by atoms with Gasteiger partial charge >= 0.3 is 0 Å². The lowest BCUT2D eigenvalue weighted by atomic mass is 10.1. The molecule has 27 heavy (non-hydrogen) atoms. The number of nitrogens with two attached hydrogens (primary N) is 1. The van der Waals surface area contributed by atoms with Gasteiger partial charge in [0.15, 0.2) is 0 Å². The largest absolute Gasteiger partial charge is 0.328 e. The molecule has 0 aliphatic rings. The van der Waals surface area contributed by atoms with E-state index in [0.29, 0.717) is 12.8 Å². The van der Waals surface area contributed by atoms with Crippen LogP contribution in [0.15, 0.2) is 48.5 Å². The van der Waals surface area contributed by atoms with Gasteiger partial charge in [0.2, 0.25) is 11.8 Å². The predicted molar refractivity (Wildman–Crippen MR) is 99.7 cm³/mol. The van der Waals surface area contributed by atoms with Gasteiger partial charge in [-0.15, -0.1) is 0 Å². The fourth-order valence-electron chi connectivity index (χ4n) is 2.64. The summed E-state index contributed by atoms with van der Waals surface area (Å²) < 4.78 is 27.7. The number of benzene rings is 2. The topological polar surface area (TPSA) is 75.4 Å². The number of rotatable bonds is 8. The maximum atomic E-state index is 14.0. The molecule has 0 saturated heterocycles. The van der Waals surface area contributed by atoms with E-state index in [0.717, 1.165) is 0 Å². The summed E-state index contributed by atoms with van der Waals surface area (Å²) in [6, 6.07) is 10.9. The van der Waals surface area contributed by atoms with Gasteiger partial charge in [0.1, 0.15) is 18.2 Å². The van der Waals surface area contributed by atoms with Crippen molar-refractivity contribution in [3.8, 4) is 0 Å². The molecule has 0 saturated carbocycles. The van der Waals surface area contributed by atoms with Gasteiger partial charge in [-0.2, -0.15) is 0 Å². The molecule has 2 aromatic rings. The number of amides is 2. The quantitative estimate of drug-likeness (QED) is 0.745. The Morgan fingerprint density at radius 1 is 1.07 bits per heavy atom. The Labute approximate surface area is 157 Å². The Morgan fingerprint density at radius 3 is 2.33 bits per heavy atom. The van der Waals surface area contributed by atoms with Gasteiger partial charge in [-0.25, -0.2) is 8.78 Å². The average molecular weight is 375 g/mol. The van der Waals surface area contributed by atoms with Crippen molar-refractivity contribution >= 4 is 17.5 Å². The second kappa shape index (κ2) is 9.78. The van der Waals surface area contributed by atoms with E-state index in [-0.39, 0.29) is 24.3 Å². The SMILES string of the molecule is CCCC(N)C(=O)N(CC(=O)Nc1ccccc1F)Cc1ccccc1F. The van der Waals surface area contributed by atoms with E-state index in [2.05, 4.69) is 5.32 Å². The molecular weight excluding hydrogens is 352 g/mol. The summed E-state index contributed by atoms with van der Waals surface area (Å²) in [7, 11) is 0. The molecule has 2 rings (SSSR count). The summed E-state index contributed by atoms with van der Waals surface area (Å²) in [6.07, 6.45) is 1.14. The minimum atomic E-state index is -0.789. The second-order valence-electron chi connectivity index (χ2n) is 6.21. The first kappa shape index (κ1) is 20.5. The molecule has 0 aliphatic carbocycles. The molecular formula is C20H23F2N3O2. The average Bonchev–Trinajstić information content (AvgIpc) is 2.64. The number of anilines is 1. The molecule has 0 bridgehead atoms. The Balaban J connectivity index is 2.16. The highest BCUT2D eigenvalue weighted by molar-refractivity contribution is 5.95. The van der Waals surface area contributed by atoms with Crippen molar-refractivity contribution in [1.29, 1.82) is 0 Å². The number of carbonyl (C=O) groups is 2. The van der Waals surface area contributed by atoms with E-state index in [1.807, 2.05) is 6.92 Å². The highest BCUT2D eigenvalue weighted by Gasteiger charge is 2.24. The summed E-state index contributed by atoms with van der Waals surface area (Å²) in [5.41, 5.74) is 6.18. The van der Waals surface area contributed by atoms with Crippen molar-refractivity contribution < 1.29 is 18.4 Å². The molecule has 1 atom stereocenters. The van der Waals surface area contributed by atoms with Gasteiger partial charge in [0.25, 0.3) is 0 Å². The zero-order valence-corrected chi connectivity index (χ0v) is 15.1. The van der Waals surface area contributed by atoms with Crippen molar-refractivity contribution in [1.82, 2.24) is 4.90 Å². The van der Waals surface area contributed by atoms with Crippen LogP contribution < -0.4 is 11.1 Å². The molecule has 0 fully saturated rings. The molecule has 0 aromatic heterocycles. The first-order chi connectivity index (χ1) is 12.9. The van der Waals surface area contributed by atoms with Crippen LogP contribution in [0.2, 0.25) is 0 Å². The van der Waals surface area contributed by atoms with Crippen LogP contribution in [0.3, 0.4) is 0 Å². The zero-order valence-electron chi connectivity index (χ0n) is 15.1. The van der Waals surface area contributed by atoms with E-state index in [1.54, 1.807) is 18.2 Å². The van der Waals surface area contributed by atoms with Gasteiger partial charge < -0.3 is 16.0 Å². The van der Waals surface area contributed by atoms with E-state index in [1.165, 1.54) is 35.2 Å². The van der Waals surface area contributed by atoms with Gasteiger partial charge in [0.05, 0.1) is 11.7 Å². The Kier molecular flexibility index (Phi) is 7.43. The minimum absolute atomic E-state index is 0.0126. The summed E-state index contributed by atoms with van der Waals surface area (Å²) in [5.74, 6) is -2.10. The standard InChI is InChI=1S/C20H23F2N3O2/c1-2-7-17(23)20(27)25(12-14-8-3-4-9-15(14)21)13-19(26)24-18-11-6-5-10-16(18)22/h3-6,8-11,17H,2,7,12-13,23H2,1H3,(H,24,26). The second-order valence-corrected chi connectivity index (χ2v) is 6.21. The number of hydrogen-bond acceptors (Lipinski definition) is 3. The smallest absolute Gasteiger partial charge is 0.244 e. The maximum absolute atomic E-state index is 14.0. The molecule has 0 aliphatic heterocycles. The number of halogens is 2. The van der Waals surface area contributed by atoms with Crippen LogP contribution in [-0.4, -0.2) is 29.3 Å². The zero-order chi connectivity index (χ0) is 19.8. The third-order valence-electron chi connectivity index (χ3n) is 4.03. The van der Waals surface area contributed by atoms with Gasteiger partial charge in [-0.05, 0) is 24.6 Å². The summed E-state index contributed by atoms with van der Waals surface area (Å²) in [5, 5.41) is 2.42. The Morgan fingerprint density at radius 2 is 1.70 bits per heavy atom. The lowest BCUT2D eigenvalue weighted by Crippen LogP contribution is -2.46. The molecule has 0 radical (unpaired) electrons. The van der Waals surface area contributed by atoms with Crippen molar-refractivity contribution in [2.24, 2.45) is 5.73 Å². The number of nitrogens with one attached hydrogen (secondary N) is 1. The maximum Gasteiger partial charge on any atom is 0.244 e. The molecule has 144 valence electrons. The molecule has 0 heterocycles. The van der Waals surface area contributed by atoms with Crippen molar-refractivity contribution in [3.05, 3.63) is 65.7 Å². The van der Waals surface area contributed by atoms with Gasteiger partial charge in [0, 0.05) is 12.1 Å². The first-order valence-electron chi connectivity index (χ1n) is 8.74. The van der Waals surface area contributed by atoms with Crippen molar-refractivity contribution in [3.63, 3.8) is 0 Å². The molecule has 2 aromatic carbocycles. The normalized spacial score (nSPS) is 11.7. The van der Waals surface area contributed by atoms with E-state index >= 15 is 0 Å². The third-order valence-corrected chi connectivity index (χ3v) is 4.03. The number of para-hydroxylation sites is 1. The number of carbonyl (C=O) groups excluding carboxylic acids is 2. The number of nitrogens with zero attached hydrogens (tertiary/aromatic N) is 1. The first-order valence-corrected chi connectivity index (χ1v) is 8.74. The summed E-state index contributed by atoms with van der Waals surface area (Å²) >= 11 is 0. The lowest BCUT2D eigenvalue weighted by Gasteiger charge is -2.25. The van der Waals surface area contributed by atoms with Crippen LogP contribution in [0.4, 0.5) is 14.5 Å². The molecule has 3 N–H and O–H groups in total. The van der Waals surface area contributed by atoms with E-state index in [4.69, 9.17) is 5.73 Å². The molecule has 0 spiro atoms. The number of hydrogen-bond donors (Lipinski definition) is 2. The molecule has 2 amide bonds. The van der Waals surface area contributed by atoms with Crippen LogP contribution in [0.25, 0.3) is 0 Å². The van der Waals surface area contributed by atoms with Crippen LogP contribution in [-0.2, 0) is 16.1 Å². The summed E-state index contributed by atoms with van der Waals surface area (Å²) in [4.78, 5) is 26.1. The van der Waals surface area contributed by atoms with Crippen molar-refractivity contribution in [2.45, 2.75) is 32.4 Å². The van der Waals surface area contributed by atoms with E-state index in [9.17, 15) is 18.4 Å². The van der Waals surface area contributed by atoms with Crippen LogP contribution in [0.5, 0.6) is 0 Å². The molecule has 5 nitrogen and oxygen atoms in total.